The third-order valence-corrected chi connectivity index (χ3v) is 5.73. The Labute approximate surface area is 162 Å². The van der Waals surface area contributed by atoms with Crippen LogP contribution < -0.4 is 10.2 Å². The minimum Gasteiger partial charge on any atom is -0.393 e. The van der Waals surface area contributed by atoms with Gasteiger partial charge in [-0.3, -0.25) is 4.79 Å². The molecule has 0 bridgehead atoms. The molecule has 1 saturated heterocycles. The van der Waals surface area contributed by atoms with Crippen LogP contribution in [0.5, 0.6) is 0 Å². The predicted octanol–water partition coefficient (Wildman–Crippen LogP) is 2.63. The highest BCUT2D eigenvalue weighted by molar-refractivity contribution is 5.97. The summed E-state index contributed by atoms with van der Waals surface area (Å²) in [6.07, 6.45) is 3.73. The smallest absolute Gasteiger partial charge is 0.253 e. The van der Waals surface area contributed by atoms with Gasteiger partial charge < -0.3 is 20.1 Å². The fraction of sp³-hybridized carbons (Fsp3) is 0.714. The van der Waals surface area contributed by atoms with Crippen LogP contribution in [0.4, 0.5) is 5.82 Å². The molecule has 2 fully saturated rings. The van der Waals surface area contributed by atoms with Crippen LogP contribution in [0.25, 0.3) is 0 Å². The summed E-state index contributed by atoms with van der Waals surface area (Å²) in [5.41, 5.74) is 2.49. The summed E-state index contributed by atoms with van der Waals surface area (Å²) in [6.45, 7) is 9.75. The number of aryl methyl sites for hydroxylation is 1. The third kappa shape index (κ3) is 4.79. The Morgan fingerprint density at radius 2 is 2.04 bits per heavy atom. The minimum absolute atomic E-state index is 0.0741. The maximum absolute atomic E-state index is 13.0. The van der Waals surface area contributed by atoms with Crippen molar-refractivity contribution in [3.8, 4) is 0 Å². The van der Waals surface area contributed by atoms with E-state index < -0.39 is 0 Å². The Kier molecular flexibility index (Phi) is 6.71. The van der Waals surface area contributed by atoms with Crippen LogP contribution in [0, 0.1) is 12.8 Å². The number of aromatic nitrogens is 1. The molecule has 1 saturated carbocycles. The average Bonchev–Trinajstić information content (AvgIpc) is 2.67. The fourth-order valence-electron chi connectivity index (χ4n) is 4.09. The number of carbonyl (C=O) groups is 1. The van der Waals surface area contributed by atoms with Gasteiger partial charge in [-0.15, -0.1) is 0 Å². The summed E-state index contributed by atoms with van der Waals surface area (Å²) in [6, 6.07) is 2.02. The standard InChI is InChI=1S/C21H33N3O3/c1-14(2)20-19(21(26)22-13-16-6-4-5-7-17(16)25)15(3)12-18(23-20)24-8-10-27-11-9-24/h12,14,16-17,25H,4-11,13H2,1-3H3,(H,22,26)/t16-,17+/m0/s1. The Bertz CT molecular complexity index is 656. The molecule has 0 aromatic carbocycles. The van der Waals surface area contributed by atoms with Crippen LogP contribution in [0.15, 0.2) is 6.07 Å². The molecule has 2 aliphatic rings. The molecule has 1 aromatic heterocycles. The zero-order valence-electron chi connectivity index (χ0n) is 16.8. The second-order valence-electron chi connectivity index (χ2n) is 8.13. The monoisotopic (exact) mass is 375 g/mol. The van der Waals surface area contributed by atoms with Gasteiger partial charge in [0.25, 0.3) is 5.91 Å². The molecule has 1 aliphatic heterocycles. The number of pyridine rings is 1. The number of anilines is 1. The molecule has 0 radical (unpaired) electrons. The first kappa shape index (κ1) is 20.1. The highest BCUT2D eigenvalue weighted by atomic mass is 16.5. The Morgan fingerprint density at radius 1 is 1.33 bits per heavy atom. The van der Waals surface area contributed by atoms with E-state index in [1.54, 1.807) is 0 Å². The number of aliphatic hydroxyl groups is 1. The van der Waals surface area contributed by atoms with Gasteiger partial charge in [-0.25, -0.2) is 4.98 Å². The van der Waals surface area contributed by atoms with Crippen molar-refractivity contribution in [2.75, 3.05) is 37.7 Å². The number of nitrogens with one attached hydrogen (secondary N) is 1. The Balaban J connectivity index is 1.77. The van der Waals surface area contributed by atoms with Gasteiger partial charge in [0.05, 0.1) is 30.6 Å². The molecule has 2 atom stereocenters. The molecule has 2 heterocycles. The van der Waals surface area contributed by atoms with Gasteiger partial charge in [0, 0.05) is 25.6 Å². The van der Waals surface area contributed by atoms with E-state index in [2.05, 4.69) is 24.1 Å². The third-order valence-electron chi connectivity index (χ3n) is 5.73. The summed E-state index contributed by atoms with van der Waals surface area (Å²) < 4.78 is 5.44. The summed E-state index contributed by atoms with van der Waals surface area (Å²) >= 11 is 0. The van der Waals surface area contributed by atoms with Crippen molar-refractivity contribution >= 4 is 11.7 Å². The SMILES string of the molecule is Cc1cc(N2CCOCC2)nc(C(C)C)c1C(=O)NC[C@@H]1CCCC[C@H]1O. The number of hydrogen-bond donors (Lipinski definition) is 2. The fourth-order valence-corrected chi connectivity index (χ4v) is 4.09. The normalized spacial score (nSPS) is 23.5. The lowest BCUT2D eigenvalue weighted by Crippen LogP contribution is -2.38. The van der Waals surface area contributed by atoms with E-state index in [4.69, 9.17) is 9.72 Å². The van der Waals surface area contributed by atoms with Gasteiger partial charge in [-0.2, -0.15) is 0 Å². The number of aliphatic hydroxyl groups excluding tert-OH is 1. The second kappa shape index (κ2) is 9.02. The lowest BCUT2D eigenvalue weighted by atomic mass is 9.86. The number of nitrogens with zero attached hydrogens (tertiary/aromatic N) is 2. The zero-order chi connectivity index (χ0) is 19.4. The van der Waals surface area contributed by atoms with Crippen molar-refractivity contribution in [1.82, 2.24) is 10.3 Å². The van der Waals surface area contributed by atoms with Gasteiger partial charge in [0.2, 0.25) is 0 Å². The maximum Gasteiger partial charge on any atom is 0.253 e. The van der Waals surface area contributed by atoms with E-state index in [-0.39, 0.29) is 23.8 Å². The molecule has 27 heavy (non-hydrogen) atoms. The molecular weight excluding hydrogens is 342 g/mol. The molecule has 2 N–H and O–H groups in total. The number of amides is 1. The van der Waals surface area contributed by atoms with Gasteiger partial charge in [-0.05, 0) is 37.3 Å². The molecule has 0 unspecified atom stereocenters. The summed E-state index contributed by atoms with van der Waals surface area (Å²) in [7, 11) is 0. The number of carbonyl (C=O) groups excluding carboxylic acids is 1. The summed E-state index contributed by atoms with van der Waals surface area (Å²) in [5.74, 6) is 1.17. The van der Waals surface area contributed by atoms with Crippen LogP contribution in [-0.4, -0.2) is 54.9 Å². The van der Waals surface area contributed by atoms with Crippen LogP contribution >= 0.6 is 0 Å². The van der Waals surface area contributed by atoms with Gasteiger partial charge in [0.1, 0.15) is 5.82 Å². The van der Waals surface area contributed by atoms with Crippen LogP contribution in [0.3, 0.4) is 0 Å². The Hall–Kier alpha value is -1.66. The molecule has 6 nitrogen and oxygen atoms in total. The highest BCUT2D eigenvalue weighted by Gasteiger charge is 2.26. The number of hydrogen-bond acceptors (Lipinski definition) is 5. The van der Waals surface area contributed by atoms with Crippen molar-refractivity contribution in [3.05, 3.63) is 22.9 Å². The lowest BCUT2D eigenvalue weighted by Gasteiger charge is -2.30. The quantitative estimate of drug-likeness (QED) is 0.828. The maximum atomic E-state index is 13.0. The minimum atomic E-state index is -0.300. The molecule has 1 amide bonds. The molecule has 3 rings (SSSR count). The predicted molar refractivity (Wildman–Crippen MR) is 106 cm³/mol. The van der Waals surface area contributed by atoms with Crippen LogP contribution in [0.2, 0.25) is 0 Å². The first-order valence-corrected chi connectivity index (χ1v) is 10.3. The van der Waals surface area contributed by atoms with Crippen molar-refractivity contribution in [2.24, 2.45) is 5.92 Å². The van der Waals surface area contributed by atoms with Crippen LogP contribution in [0.1, 0.15) is 67.1 Å². The van der Waals surface area contributed by atoms with Crippen LogP contribution in [-0.2, 0) is 4.74 Å². The van der Waals surface area contributed by atoms with E-state index in [1.807, 2.05) is 13.0 Å². The largest absolute Gasteiger partial charge is 0.393 e. The molecule has 1 aromatic rings. The van der Waals surface area contributed by atoms with E-state index in [0.717, 1.165) is 55.8 Å². The molecule has 6 heteroatoms. The Morgan fingerprint density at radius 3 is 2.70 bits per heavy atom. The topological polar surface area (TPSA) is 74.7 Å². The number of morpholine rings is 1. The number of ether oxygens (including phenoxy) is 1. The first-order valence-electron chi connectivity index (χ1n) is 10.3. The van der Waals surface area contributed by atoms with Crippen molar-refractivity contribution < 1.29 is 14.6 Å². The van der Waals surface area contributed by atoms with Crippen molar-refractivity contribution in [3.63, 3.8) is 0 Å². The van der Waals surface area contributed by atoms with Gasteiger partial charge in [-0.1, -0.05) is 26.7 Å². The highest BCUT2D eigenvalue weighted by Crippen LogP contribution is 2.27. The van der Waals surface area contributed by atoms with E-state index in [1.165, 1.54) is 0 Å². The number of rotatable bonds is 5. The molecular formula is C21H33N3O3. The molecule has 150 valence electrons. The summed E-state index contributed by atoms with van der Waals surface area (Å²) in [4.78, 5) is 20.0. The molecule has 1 aliphatic carbocycles. The van der Waals surface area contributed by atoms with E-state index >= 15 is 0 Å². The molecule has 0 spiro atoms. The van der Waals surface area contributed by atoms with Crippen molar-refractivity contribution in [1.29, 1.82) is 0 Å². The van der Waals surface area contributed by atoms with Gasteiger partial charge in [0.15, 0.2) is 0 Å². The second-order valence-corrected chi connectivity index (χ2v) is 8.13. The van der Waals surface area contributed by atoms with Gasteiger partial charge >= 0.3 is 0 Å². The average molecular weight is 376 g/mol. The zero-order valence-corrected chi connectivity index (χ0v) is 16.8. The van der Waals surface area contributed by atoms with E-state index in [9.17, 15) is 9.90 Å². The summed E-state index contributed by atoms with van der Waals surface area (Å²) in [5, 5.41) is 13.2. The first-order chi connectivity index (χ1) is 13.0. The van der Waals surface area contributed by atoms with E-state index in [0.29, 0.717) is 25.3 Å². The van der Waals surface area contributed by atoms with Crippen molar-refractivity contribution in [2.45, 2.75) is 58.5 Å². The lowest BCUT2D eigenvalue weighted by molar-refractivity contribution is 0.0662.